The van der Waals surface area contributed by atoms with E-state index < -0.39 is 34.4 Å². The maximum absolute atomic E-state index is 12.6. The van der Waals surface area contributed by atoms with Crippen LogP contribution in [0, 0.1) is 0 Å². The lowest BCUT2D eigenvalue weighted by Crippen LogP contribution is -2.50. The Labute approximate surface area is 87.5 Å². The van der Waals surface area contributed by atoms with Crippen molar-refractivity contribution in [2.75, 3.05) is 0 Å². The van der Waals surface area contributed by atoms with Gasteiger partial charge < -0.3 is 0 Å². The summed E-state index contributed by atoms with van der Waals surface area (Å²) in [6, 6.07) is 0. The first-order valence-corrected chi connectivity index (χ1v) is 3.87. The molecule has 10 heteroatoms. The summed E-state index contributed by atoms with van der Waals surface area (Å²) in [5, 5.41) is 0. The van der Waals surface area contributed by atoms with Crippen LogP contribution in [0.4, 0.5) is 39.5 Å². The number of hydrogen-bond donors (Lipinski definition) is 1. The number of alkyl halides is 9. The predicted octanol–water partition coefficient (Wildman–Crippen LogP) is 3.65. The molecule has 1 aliphatic rings. The number of hydrogen-bond acceptors (Lipinski definition) is 1. The number of thiol groups is 1. The van der Waals surface area contributed by atoms with Gasteiger partial charge in [0.05, 0.1) is 4.91 Å². The molecule has 0 spiro atoms. The molecular formula is C6HF9S. The molecule has 0 amide bonds. The van der Waals surface area contributed by atoms with Gasteiger partial charge in [-0.05, 0) is 0 Å². The molecule has 0 unspecified atom stereocenters. The summed E-state index contributed by atoms with van der Waals surface area (Å²) in [6.45, 7) is 0. The third-order valence-corrected chi connectivity index (χ3v) is 2.42. The van der Waals surface area contributed by atoms with Crippen LogP contribution < -0.4 is 0 Å². The molecule has 94 valence electrons. The summed E-state index contributed by atoms with van der Waals surface area (Å²) in [5.74, 6) is -17.8. The van der Waals surface area contributed by atoms with Gasteiger partial charge >= 0.3 is 23.9 Å². The van der Waals surface area contributed by atoms with Gasteiger partial charge in [-0.25, -0.2) is 0 Å². The molecule has 0 N–H and O–H groups in total. The third kappa shape index (κ3) is 1.34. The fourth-order valence-electron chi connectivity index (χ4n) is 1.12. The van der Waals surface area contributed by atoms with Crippen molar-refractivity contribution < 1.29 is 39.5 Å². The zero-order valence-corrected chi connectivity index (χ0v) is 7.74. The van der Waals surface area contributed by atoms with Gasteiger partial charge in [0.25, 0.3) is 0 Å². The molecule has 0 atom stereocenters. The minimum atomic E-state index is -6.15. The van der Waals surface area contributed by atoms with E-state index in [9.17, 15) is 39.5 Å². The molecule has 1 rings (SSSR count). The lowest BCUT2D eigenvalue weighted by molar-refractivity contribution is -0.272. The topological polar surface area (TPSA) is 0 Å². The van der Waals surface area contributed by atoms with Gasteiger partial charge in [-0.1, -0.05) is 0 Å². The van der Waals surface area contributed by atoms with Crippen molar-refractivity contribution >= 4 is 12.6 Å². The van der Waals surface area contributed by atoms with Crippen LogP contribution in [-0.4, -0.2) is 23.9 Å². The minimum absolute atomic E-state index is 2.44. The van der Waals surface area contributed by atoms with E-state index >= 15 is 0 Å². The summed E-state index contributed by atoms with van der Waals surface area (Å²) in [7, 11) is 0. The van der Waals surface area contributed by atoms with Crippen LogP contribution in [0.5, 0.6) is 0 Å². The Morgan fingerprint density at radius 3 is 1.31 bits per heavy atom. The Balaban J connectivity index is 3.55. The van der Waals surface area contributed by atoms with E-state index in [1.165, 1.54) is 0 Å². The molecule has 1 aliphatic carbocycles. The molecule has 0 nitrogen and oxygen atoms in total. The van der Waals surface area contributed by atoms with Crippen LogP contribution in [0.3, 0.4) is 0 Å². The van der Waals surface area contributed by atoms with Gasteiger partial charge in [-0.2, -0.15) is 39.5 Å². The molecule has 0 aromatic heterocycles. The quantitative estimate of drug-likeness (QED) is 0.506. The van der Waals surface area contributed by atoms with E-state index in [1.54, 1.807) is 0 Å². The largest absolute Gasteiger partial charge is 0.419 e. The Bertz CT molecular complexity index is 350. The van der Waals surface area contributed by atoms with Gasteiger partial charge in [0, 0.05) is 0 Å². The maximum Gasteiger partial charge on any atom is 0.419 e. The van der Waals surface area contributed by atoms with Gasteiger partial charge in [0.2, 0.25) is 0 Å². The standard InChI is InChI=1S/C6HF9S/c7-3(8)1(5(11,12)13)2(16)4(9,10)6(3,14)15/h16H. The van der Waals surface area contributed by atoms with Crippen LogP contribution in [0.2, 0.25) is 0 Å². The van der Waals surface area contributed by atoms with Crippen molar-refractivity contribution in [2.45, 2.75) is 23.9 Å². The zero-order chi connectivity index (χ0) is 13.2. The lowest BCUT2D eigenvalue weighted by atomic mass is 10.1. The second kappa shape index (κ2) is 3.02. The summed E-state index contributed by atoms with van der Waals surface area (Å²) < 4.78 is 111. The Hall–Kier alpha value is -0.540. The van der Waals surface area contributed by atoms with Crippen molar-refractivity contribution in [3.8, 4) is 0 Å². The highest BCUT2D eigenvalue weighted by Crippen LogP contribution is 2.63. The molecule has 0 heterocycles. The summed E-state index contributed by atoms with van der Waals surface area (Å²) in [5.41, 5.74) is -3.31. The molecule has 0 aromatic carbocycles. The smallest absolute Gasteiger partial charge is 0.194 e. The Morgan fingerprint density at radius 2 is 1.19 bits per heavy atom. The molecule has 0 fully saturated rings. The average Bonchev–Trinajstić information content (AvgIpc) is 2.06. The van der Waals surface area contributed by atoms with Crippen molar-refractivity contribution in [2.24, 2.45) is 0 Å². The monoisotopic (exact) mass is 276 g/mol. The average molecular weight is 276 g/mol. The highest BCUT2D eigenvalue weighted by Gasteiger charge is 2.83. The van der Waals surface area contributed by atoms with Gasteiger partial charge in [0.15, 0.2) is 0 Å². The first-order valence-electron chi connectivity index (χ1n) is 3.42. The van der Waals surface area contributed by atoms with Crippen LogP contribution in [0.25, 0.3) is 0 Å². The highest BCUT2D eigenvalue weighted by molar-refractivity contribution is 7.84. The van der Waals surface area contributed by atoms with E-state index in [4.69, 9.17) is 0 Å². The van der Waals surface area contributed by atoms with Gasteiger partial charge in [0.1, 0.15) is 5.57 Å². The second-order valence-electron chi connectivity index (χ2n) is 2.94. The summed E-state index contributed by atoms with van der Waals surface area (Å²) >= 11 is 2.44. The molecule has 16 heavy (non-hydrogen) atoms. The van der Waals surface area contributed by atoms with Crippen LogP contribution in [0.1, 0.15) is 0 Å². The van der Waals surface area contributed by atoms with Crippen LogP contribution in [0.15, 0.2) is 10.5 Å². The number of rotatable bonds is 0. The zero-order valence-electron chi connectivity index (χ0n) is 6.85. The van der Waals surface area contributed by atoms with Gasteiger partial charge in [-0.15, -0.1) is 12.6 Å². The van der Waals surface area contributed by atoms with E-state index in [2.05, 4.69) is 12.6 Å². The second-order valence-corrected chi connectivity index (χ2v) is 3.39. The third-order valence-electron chi connectivity index (χ3n) is 1.92. The summed E-state index contributed by atoms with van der Waals surface area (Å²) in [4.78, 5) is -2.66. The van der Waals surface area contributed by atoms with Crippen LogP contribution >= 0.6 is 12.6 Å². The summed E-state index contributed by atoms with van der Waals surface area (Å²) in [6.07, 6.45) is -6.01. The van der Waals surface area contributed by atoms with Crippen LogP contribution in [-0.2, 0) is 0 Å². The number of halogens is 9. The lowest BCUT2D eigenvalue weighted by Gasteiger charge is -2.25. The van der Waals surface area contributed by atoms with Crippen molar-refractivity contribution in [1.29, 1.82) is 0 Å². The van der Waals surface area contributed by atoms with Crippen molar-refractivity contribution in [3.63, 3.8) is 0 Å². The van der Waals surface area contributed by atoms with Gasteiger partial charge in [-0.3, -0.25) is 0 Å². The first-order chi connectivity index (χ1) is 6.78. The molecule has 0 aromatic rings. The molecule has 0 radical (unpaired) electrons. The molecule has 0 bridgehead atoms. The van der Waals surface area contributed by atoms with Crippen molar-refractivity contribution in [3.05, 3.63) is 10.5 Å². The Morgan fingerprint density at radius 1 is 0.812 bits per heavy atom. The maximum atomic E-state index is 12.6. The highest BCUT2D eigenvalue weighted by atomic mass is 32.1. The molecular weight excluding hydrogens is 275 g/mol. The number of allylic oxidation sites excluding steroid dienone is 2. The van der Waals surface area contributed by atoms with E-state index in [-0.39, 0.29) is 0 Å². The van der Waals surface area contributed by atoms with E-state index in [0.29, 0.717) is 0 Å². The fraction of sp³-hybridized carbons (Fsp3) is 0.667. The SMILES string of the molecule is FC(F)(F)C1=C(S)C(F)(F)C(F)(F)C1(F)F. The minimum Gasteiger partial charge on any atom is -0.194 e. The van der Waals surface area contributed by atoms with E-state index in [0.717, 1.165) is 0 Å². The van der Waals surface area contributed by atoms with Crippen molar-refractivity contribution in [1.82, 2.24) is 0 Å². The Kier molecular flexibility index (Phi) is 2.55. The molecule has 0 saturated carbocycles. The first kappa shape index (κ1) is 13.5. The fourth-order valence-corrected chi connectivity index (χ4v) is 1.53. The normalized spacial score (nSPS) is 27.4. The molecule has 0 aliphatic heterocycles. The molecule has 0 saturated heterocycles. The predicted molar refractivity (Wildman–Crippen MR) is 36.9 cm³/mol. The van der Waals surface area contributed by atoms with E-state index in [1.807, 2.05) is 0 Å².